The number of carbonyl (C=O) groups is 1. The number of carbonyl (C=O) groups excluding carboxylic acids is 1. The fraction of sp³-hybridized carbons (Fsp3) is 0.273. The summed E-state index contributed by atoms with van der Waals surface area (Å²) in [6.07, 6.45) is 6.95. The SMILES string of the molecule is C=C/C=C(\C=C/C)S(=O)Cc1nc(-c2ccc(C(=O)OC)cc2)oc1C.CC. The first kappa shape index (κ1) is 23.3. The van der Waals surface area contributed by atoms with E-state index in [0.29, 0.717) is 27.8 Å². The van der Waals surface area contributed by atoms with Crippen LogP contribution in [-0.2, 0) is 21.3 Å². The molecular formula is C22H27NO4S. The van der Waals surface area contributed by atoms with Crippen LogP contribution in [0.25, 0.3) is 11.5 Å². The minimum atomic E-state index is -1.25. The van der Waals surface area contributed by atoms with E-state index in [1.807, 2.05) is 26.8 Å². The monoisotopic (exact) mass is 401 g/mol. The van der Waals surface area contributed by atoms with E-state index in [2.05, 4.69) is 16.3 Å². The Morgan fingerprint density at radius 1 is 1.29 bits per heavy atom. The van der Waals surface area contributed by atoms with E-state index in [9.17, 15) is 9.00 Å². The standard InChI is InChI=1S/C20H21NO4S.C2H6/c1-5-7-17(8-6-2)26(23)13-18-14(3)25-19(21-18)15-9-11-16(12-10-15)20(22)24-4;1-2/h5-12H,1,13H2,2-4H3;1-2H3/b8-6-,17-7+;. The van der Waals surface area contributed by atoms with Gasteiger partial charge in [-0.25, -0.2) is 9.78 Å². The second kappa shape index (κ2) is 11.9. The lowest BCUT2D eigenvalue weighted by atomic mass is 10.1. The molecule has 0 aliphatic heterocycles. The summed E-state index contributed by atoms with van der Waals surface area (Å²) in [5.74, 6) is 0.885. The van der Waals surface area contributed by atoms with Crippen LogP contribution in [0.5, 0.6) is 0 Å². The van der Waals surface area contributed by atoms with Crippen LogP contribution in [0.1, 0.15) is 42.6 Å². The molecule has 0 fully saturated rings. The number of ether oxygens (including phenoxy) is 1. The summed E-state index contributed by atoms with van der Waals surface area (Å²) in [6, 6.07) is 6.77. The maximum atomic E-state index is 12.6. The average molecular weight is 402 g/mol. The number of esters is 1. The molecule has 2 aromatic rings. The topological polar surface area (TPSA) is 69.4 Å². The van der Waals surface area contributed by atoms with E-state index in [1.165, 1.54) is 7.11 Å². The number of rotatable bonds is 7. The van der Waals surface area contributed by atoms with Gasteiger partial charge in [0.15, 0.2) is 0 Å². The lowest BCUT2D eigenvalue weighted by molar-refractivity contribution is 0.0600. The highest BCUT2D eigenvalue weighted by atomic mass is 32.2. The Labute approximate surface area is 169 Å². The number of benzene rings is 1. The van der Waals surface area contributed by atoms with Crippen molar-refractivity contribution in [2.24, 2.45) is 0 Å². The Kier molecular flexibility index (Phi) is 9.88. The maximum Gasteiger partial charge on any atom is 0.337 e. The van der Waals surface area contributed by atoms with Crippen LogP contribution < -0.4 is 0 Å². The molecule has 150 valence electrons. The van der Waals surface area contributed by atoms with E-state index < -0.39 is 16.8 Å². The van der Waals surface area contributed by atoms with Crippen molar-refractivity contribution in [3.63, 3.8) is 0 Å². The number of oxazole rings is 1. The second-order valence-electron chi connectivity index (χ2n) is 5.39. The van der Waals surface area contributed by atoms with Crippen LogP contribution in [0.15, 0.2) is 64.5 Å². The van der Waals surface area contributed by atoms with E-state index in [4.69, 9.17) is 4.42 Å². The van der Waals surface area contributed by atoms with Gasteiger partial charge in [0, 0.05) is 10.5 Å². The molecule has 1 heterocycles. The molecular weight excluding hydrogens is 374 g/mol. The summed E-state index contributed by atoms with van der Waals surface area (Å²) in [5.41, 5.74) is 1.81. The first-order chi connectivity index (χ1) is 13.5. The van der Waals surface area contributed by atoms with Crippen LogP contribution in [0, 0.1) is 6.92 Å². The van der Waals surface area contributed by atoms with Gasteiger partial charge in [0.05, 0.1) is 34.9 Å². The number of allylic oxidation sites excluding steroid dienone is 4. The zero-order valence-corrected chi connectivity index (χ0v) is 17.8. The molecule has 1 aromatic heterocycles. The maximum absolute atomic E-state index is 12.6. The van der Waals surface area contributed by atoms with Gasteiger partial charge in [-0.3, -0.25) is 4.21 Å². The molecule has 1 unspecified atom stereocenters. The predicted molar refractivity (Wildman–Crippen MR) is 114 cm³/mol. The van der Waals surface area contributed by atoms with E-state index in [1.54, 1.807) is 49.4 Å². The van der Waals surface area contributed by atoms with Crippen molar-refractivity contribution in [1.82, 2.24) is 4.98 Å². The third-order valence-electron chi connectivity index (χ3n) is 3.59. The highest BCUT2D eigenvalue weighted by Gasteiger charge is 2.16. The van der Waals surface area contributed by atoms with Crippen molar-refractivity contribution in [1.29, 1.82) is 0 Å². The predicted octanol–water partition coefficient (Wildman–Crippen LogP) is 5.36. The molecule has 5 nitrogen and oxygen atoms in total. The number of aryl methyl sites for hydroxylation is 1. The van der Waals surface area contributed by atoms with E-state index in [-0.39, 0.29) is 5.75 Å². The molecule has 0 amide bonds. The number of methoxy groups -OCH3 is 1. The van der Waals surface area contributed by atoms with E-state index >= 15 is 0 Å². The lowest BCUT2D eigenvalue weighted by Crippen LogP contribution is -2.00. The van der Waals surface area contributed by atoms with E-state index in [0.717, 1.165) is 5.56 Å². The van der Waals surface area contributed by atoms with Gasteiger partial charge in [-0.2, -0.15) is 0 Å². The zero-order valence-electron chi connectivity index (χ0n) is 17.0. The molecule has 6 heteroatoms. The molecule has 0 radical (unpaired) electrons. The van der Waals surface area contributed by atoms with Crippen LogP contribution in [-0.4, -0.2) is 22.3 Å². The third-order valence-corrected chi connectivity index (χ3v) is 4.92. The molecule has 0 aliphatic rings. The minimum absolute atomic E-state index is 0.250. The minimum Gasteiger partial charge on any atom is -0.465 e. The van der Waals surface area contributed by atoms with Crippen molar-refractivity contribution in [3.8, 4) is 11.5 Å². The van der Waals surface area contributed by atoms with Gasteiger partial charge in [-0.15, -0.1) is 0 Å². The molecule has 28 heavy (non-hydrogen) atoms. The fourth-order valence-corrected chi connectivity index (χ4v) is 3.47. The smallest absolute Gasteiger partial charge is 0.337 e. The number of aromatic nitrogens is 1. The quantitative estimate of drug-likeness (QED) is 0.461. The third kappa shape index (κ3) is 6.16. The molecule has 1 atom stereocenters. The van der Waals surface area contributed by atoms with Gasteiger partial charge < -0.3 is 9.15 Å². The van der Waals surface area contributed by atoms with Gasteiger partial charge in [-0.05, 0) is 44.2 Å². The molecule has 0 saturated carbocycles. The van der Waals surface area contributed by atoms with Crippen molar-refractivity contribution < 1.29 is 18.2 Å². The lowest BCUT2D eigenvalue weighted by Gasteiger charge is -2.01. The number of hydrogen-bond donors (Lipinski definition) is 0. The second-order valence-corrected chi connectivity index (χ2v) is 6.84. The largest absolute Gasteiger partial charge is 0.465 e. The highest BCUT2D eigenvalue weighted by molar-refractivity contribution is 7.88. The Bertz CT molecular complexity index is 876. The molecule has 2 rings (SSSR count). The van der Waals surface area contributed by atoms with Crippen LogP contribution in [0.3, 0.4) is 0 Å². The zero-order chi connectivity index (χ0) is 21.1. The molecule has 1 aromatic carbocycles. The van der Waals surface area contributed by atoms with Crippen molar-refractivity contribution in [2.75, 3.05) is 7.11 Å². The summed E-state index contributed by atoms with van der Waals surface area (Å²) >= 11 is 0. The Balaban J connectivity index is 0.00000190. The summed E-state index contributed by atoms with van der Waals surface area (Å²) in [4.78, 5) is 16.6. The summed E-state index contributed by atoms with van der Waals surface area (Å²) < 4.78 is 22.9. The summed E-state index contributed by atoms with van der Waals surface area (Å²) in [5, 5.41) is 0. The molecule has 0 N–H and O–H groups in total. The molecule has 0 aliphatic carbocycles. The van der Waals surface area contributed by atoms with Gasteiger partial charge in [-0.1, -0.05) is 38.7 Å². The van der Waals surface area contributed by atoms with Gasteiger partial charge >= 0.3 is 5.97 Å². The van der Waals surface area contributed by atoms with Gasteiger partial charge in [0.25, 0.3) is 0 Å². The fourth-order valence-electron chi connectivity index (χ4n) is 2.25. The Morgan fingerprint density at radius 2 is 1.93 bits per heavy atom. The van der Waals surface area contributed by atoms with Crippen molar-refractivity contribution in [2.45, 2.75) is 33.4 Å². The Hall–Kier alpha value is -2.73. The van der Waals surface area contributed by atoms with Gasteiger partial charge in [0.2, 0.25) is 5.89 Å². The number of hydrogen-bond acceptors (Lipinski definition) is 5. The number of nitrogens with zero attached hydrogens (tertiary/aromatic N) is 1. The van der Waals surface area contributed by atoms with Gasteiger partial charge in [0.1, 0.15) is 5.76 Å². The molecule has 0 spiro atoms. The van der Waals surface area contributed by atoms with Crippen LogP contribution in [0.4, 0.5) is 0 Å². The first-order valence-electron chi connectivity index (χ1n) is 8.99. The van der Waals surface area contributed by atoms with Crippen LogP contribution in [0.2, 0.25) is 0 Å². The summed E-state index contributed by atoms with van der Waals surface area (Å²) in [7, 11) is 0.0826. The summed E-state index contributed by atoms with van der Waals surface area (Å²) in [6.45, 7) is 11.3. The van der Waals surface area contributed by atoms with Crippen molar-refractivity contribution >= 4 is 16.8 Å². The normalized spacial score (nSPS) is 12.2. The molecule has 0 saturated heterocycles. The molecule has 0 bridgehead atoms. The van der Waals surface area contributed by atoms with Crippen LogP contribution >= 0.6 is 0 Å². The Morgan fingerprint density at radius 3 is 2.46 bits per heavy atom. The average Bonchev–Trinajstić information content (AvgIpc) is 3.09. The van der Waals surface area contributed by atoms with Crippen molar-refractivity contribution in [3.05, 3.63) is 77.1 Å². The highest BCUT2D eigenvalue weighted by Crippen LogP contribution is 2.24. The first-order valence-corrected chi connectivity index (χ1v) is 10.3.